The van der Waals surface area contributed by atoms with Crippen LogP contribution in [0.15, 0.2) is 55.1 Å². The van der Waals surface area contributed by atoms with Crippen LogP contribution in [0.2, 0.25) is 5.02 Å². The number of carbonyl (C=O) groups excluding carboxylic acids is 1. The molecule has 0 radical (unpaired) electrons. The molecule has 0 saturated carbocycles. The standard InChI is InChI=1S/C20H22ClNO3/c1-14(15-10-12-16(24-5)13-11-15)22(19(23)25-20(2,3)4)18-9-7-6-8-17(18)21/h6-13H,1H2,2-5H3. The summed E-state index contributed by atoms with van der Waals surface area (Å²) in [7, 11) is 1.60. The number of nitrogens with zero attached hydrogens (tertiary/aromatic N) is 1. The van der Waals surface area contributed by atoms with Gasteiger partial charge in [-0.1, -0.05) is 30.3 Å². The summed E-state index contributed by atoms with van der Waals surface area (Å²) in [5.74, 6) is 0.720. The van der Waals surface area contributed by atoms with Gasteiger partial charge < -0.3 is 9.47 Å². The van der Waals surface area contributed by atoms with Crippen LogP contribution in [0.25, 0.3) is 5.70 Å². The Morgan fingerprint density at radius 1 is 1.08 bits per heavy atom. The Balaban J connectivity index is 2.44. The van der Waals surface area contributed by atoms with Crippen molar-refractivity contribution in [3.05, 3.63) is 65.7 Å². The van der Waals surface area contributed by atoms with Gasteiger partial charge in [0.25, 0.3) is 0 Å². The fourth-order valence-corrected chi connectivity index (χ4v) is 2.43. The van der Waals surface area contributed by atoms with E-state index >= 15 is 0 Å². The maximum atomic E-state index is 12.8. The number of methoxy groups -OCH3 is 1. The molecule has 2 rings (SSSR count). The summed E-state index contributed by atoms with van der Waals surface area (Å²) in [6.07, 6.45) is -0.540. The van der Waals surface area contributed by atoms with Crippen molar-refractivity contribution >= 4 is 29.1 Å². The summed E-state index contributed by atoms with van der Waals surface area (Å²) in [6, 6.07) is 14.3. The average molecular weight is 360 g/mol. The first-order chi connectivity index (χ1) is 11.7. The Morgan fingerprint density at radius 3 is 2.20 bits per heavy atom. The number of carbonyl (C=O) groups is 1. The third-order valence-corrected chi connectivity index (χ3v) is 3.68. The molecule has 132 valence electrons. The van der Waals surface area contributed by atoms with Crippen molar-refractivity contribution < 1.29 is 14.3 Å². The quantitative estimate of drug-likeness (QED) is 0.696. The fourth-order valence-electron chi connectivity index (χ4n) is 2.21. The first kappa shape index (κ1) is 18.9. The van der Waals surface area contributed by atoms with Gasteiger partial charge in [0.1, 0.15) is 11.4 Å². The Morgan fingerprint density at radius 2 is 1.68 bits per heavy atom. The van der Waals surface area contributed by atoms with Gasteiger partial charge >= 0.3 is 6.09 Å². The summed E-state index contributed by atoms with van der Waals surface area (Å²) in [6.45, 7) is 9.51. The molecule has 0 spiro atoms. The number of hydrogen-bond acceptors (Lipinski definition) is 3. The second-order valence-electron chi connectivity index (χ2n) is 6.44. The van der Waals surface area contributed by atoms with E-state index in [-0.39, 0.29) is 0 Å². The van der Waals surface area contributed by atoms with Crippen LogP contribution in [0.4, 0.5) is 10.5 Å². The summed E-state index contributed by atoms with van der Waals surface area (Å²) in [5.41, 5.74) is 1.09. The van der Waals surface area contributed by atoms with Crippen LogP contribution in [0.3, 0.4) is 0 Å². The molecule has 4 nitrogen and oxygen atoms in total. The predicted octanol–water partition coefficient (Wildman–Crippen LogP) is 5.76. The van der Waals surface area contributed by atoms with Crippen LogP contribution in [-0.4, -0.2) is 18.8 Å². The molecular weight excluding hydrogens is 338 g/mol. The minimum absolute atomic E-state index is 0.433. The summed E-state index contributed by atoms with van der Waals surface area (Å²) < 4.78 is 10.7. The van der Waals surface area contributed by atoms with E-state index in [0.29, 0.717) is 16.4 Å². The molecule has 0 fully saturated rings. The lowest BCUT2D eigenvalue weighted by atomic mass is 10.1. The molecule has 25 heavy (non-hydrogen) atoms. The SMILES string of the molecule is C=C(c1ccc(OC)cc1)N(C(=O)OC(C)(C)C)c1ccccc1Cl. The summed E-state index contributed by atoms with van der Waals surface area (Å²) in [5, 5.41) is 0.433. The zero-order chi connectivity index (χ0) is 18.6. The number of para-hydroxylation sites is 1. The van der Waals surface area contributed by atoms with Gasteiger partial charge in [0.2, 0.25) is 0 Å². The molecule has 0 heterocycles. The Kier molecular flexibility index (Phi) is 5.75. The number of rotatable bonds is 4. The number of ether oxygens (including phenoxy) is 2. The van der Waals surface area contributed by atoms with Gasteiger partial charge in [0, 0.05) is 0 Å². The van der Waals surface area contributed by atoms with Crippen molar-refractivity contribution in [2.45, 2.75) is 26.4 Å². The van der Waals surface area contributed by atoms with Crippen LogP contribution in [-0.2, 0) is 4.74 Å². The number of anilines is 1. The molecule has 2 aromatic carbocycles. The van der Waals surface area contributed by atoms with Gasteiger partial charge in [-0.2, -0.15) is 0 Å². The van der Waals surface area contributed by atoms with Gasteiger partial charge in [0.15, 0.2) is 0 Å². The minimum atomic E-state index is -0.642. The van der Waals surface area contributed by atoms with Crippen molar-refractivity contribution in [1.82, 2.24) is 0 Å². The van der Waals surface area contributed by atoms with Gasteiger partial charge in [-0.15, -0.1) is 0 Å². The predicted molar refractivity (Wildman–Crippen MR) is 102 cm³/mol. The van der Waals surface area contributed by atoms with Crippen molar-refractivity contribution in [2.24, 2.45) is 0 Å². The van der Waals surface area contributed by atoms with E-state index in [1.54, 1.807) is 43.5 Å². The van der Waals surface area contributed by atoms with Crippen LogP contribution in [0.5, 0.6) is 5.75 Å². The van der Waals surface area contributed by atoms with Crippen molar-refractivity contribution in [3.63, 3.8) is 0 Å². The fraction of sp³-hybridized carbons (Fsp3) is 0.250. The van der Waals surface area contributed by atoms with E-state index in [9.17, 15) is 4.79 Å². The van der Waals surface area contributed by atoms with E-state index in [1.165, 1.54) is 4.90 Å². The third-order valence-electron chi connectivity index (χ3n) is 3.36. The largest absolute Gasteiger partial charge is 0.497 e. The van der Waals surface area contributed by atoms with E-state index in [2.05, 4.69) is 6.58 Å². The highest BCUT2D eigenvalue weighted by Gasteiger charge is 2.27. The first-order valence-electron chi connectivity index (χ1n) is 7.84. The number of hydrogen-bond donors (Lipinski definition) is 0. The smallest absolute Gasteiger partial charge is 0.419 e. The molecule has 0 atom stereocenters. The van der Waals surface area contributed by atoms with Gasteiger partial charge in [-0.3, -0.25) is 0 Å². The summed E-state index contributed by atoms with van der Waals surface area (Å²) >= 11 is 6.30. The zero-order valence-corrected chi connectivity index (χ0v) is 15.6. The molecule has 5 heteroatoms. The molecule has 0 aliphatic carbocycles. The number of amides is 1. The van der Waals surface area contributed by atoms with Crippen LogP contribution in [0.1, 0.15) is 26.3 Å². The topological polar surface area (TPSA) is 38.8 Å². The maximum Gasteiger partial charge on any atom is 0.419 e. The monoisotopic (exact) mass is 359 g/mol. The molecule has 0 saturated heterocycles. The molecule has 0 aromatic heterocycles. The van der Waals surface area contributed by atoms with E-state index < -0.39 is 11.7 Å². The van der Waals surface area contributed by atoms with Gasteiger partial charge in [-0.05, 0) is 62.7 Å². The highest BCUT2D eigenvalue weighted by atomic mass is 35.5. The van der Waals surface area contributed by atoms with E-state index in [1.807, 2.05) is 32.9 Å². The highest BCUT2D eigenvalue weighted by Crippen LogP contribution is 2.33. The van der Waals surface area contributed by atoms with Crippen LogP contribution < -0.4 is 9.64 Å². The lowest BCUT2D eigenvalue weighted by Crippen LogP contribution is -2.35. The molecular formula is C20H22ClNO3. The lowest BCUT2D eigenvalue weighted by molar-refractivity contribution is 0.0600. The van der Waals surface area contributed by atoms with Crippen LogP contribution >= 0.6 is 11.6 Å². The molecule has 0 bridgehead atoms. The third kappa shape index (κ3) is 4.77. The first-order valence-corrected chi connectivity index (χ1v) is 8.21. The van der Waals surface area contributed by atoms with Crippen molar-refractivity contribution in [1.29, 1.82) is 0 Å². The van der Waals surface area contributed by atoms with Crippen LogP contribution in [0, 0.1) is 0 Å². The van der Waals surface area contributed by atoms with E-state index in [4.69, 9.17) is 21.1 Å². The van der Waals surface area contributed by atoms with E-state index in [0.717, 1.165) is 11.3 Å². The Labute approximate surface area is 153 Å². The highest BCUT2D eigenvalue weighted by molar-refractivity contribution is 6.34. The average Bonchev–Trinajstić information content (AvgIpc) is 2.55. The number of benzene rings is 2. The second-order valence-corrected chi connectivity index (χ2v) is 6.85. The Hall–Kier alpha value is -2.46. The summed E-state index contributed by atoms with van der Waals surface area (Å²) in [4.78, 5) is 14.2. The minimum Gasteiger partial charge on any atom is -0.497 e. The normalized spacial score (nSPS) is 10.9. The Bertz CT molecular complexity index is 763. The molecule has 0 unspecified atom stereocenters. The molecule has 0 N–H and O–H groups in total. The lowest BCUT2D eigenvalue weighted by Gasteiger charge is -2.29. The maximum absolute atomic E-state index is 12.8. The zero-order valence-electron chi connectivity index (χ0n) is 14.9. The van der Waals surface area contributed by atoms with Gasteiger partial charge in [0.05, 0.1) is 23.5 Å². The van der Waals surface area contributed by atoms with Crippen molar-refractivity contribution in [2.75, 3.05) is 12.0 Å². The molecule has 0 aliphatic rings. The van der Waals surface area contributed by atoms with Gasteiger partial charge in [-0.25, -0.2) is 9.69 Å². The molecule has 2 aromatic rings. The molecule has 1 amide bonds. The van der Waals surface area contributed by atoms with Crippen molar-refractivity contribution in [3.8, 4) is 5.75 Å². The molecule has 0 aliphatic heterocycles. The number of halogens is 1. The second kappa shape index (κ2) is 7.62.